The van der Waals surface area contributed by atoms with Gasteiger partial charge < -0.3 is 10.1 Å². The molecular weight excluding hydrogens is 318 g/mol. The Kier molecular flexibility index (Phi) is 4.60. The third-order valence-electron chi connectivity index (χ3n) is 2.95. The first-order valence-corrected chi connectivity index (χ1v) is 7.33. The minimum Gasteiger partial charge on any atom is -0.439 e. The molecule has 1 aromatic carbocycles. The molecule has 1 heterocycles. The molecule has 0 saturated heterocycles. The van der Waals surface area contributed by atoms with Crippen LogP contribution in [0.15, 0.2) is 22.7 Å². The smallest absolute Gasteiger partial charge is 0.224 e. The van der Waals surface area contributed by atoms with Crippen LogP contribution in [0.3, 0.4) is 0 Å². The van der Waals surface area contributed by atoms with Crippen molar-refractivity contribution in [3.05, 3.63) is 39.6 Å². The van der Waals surface area contributed by atoms with Crippen molar-refractivity contribution in [2.45, 2.75) is 27.2 Å². The molecule has 0 fully saturated rings. The second-order valence-corrected chi connectivity index (χ2v) is 5.38. The zero-order valence-corrected chi connectivity index (χ0v) is 13.7. The summed E-state index contributed by atoms with van der Waals surface area (Å²) in [6.45, 7) is 6.10. The van der Waals surface area contributed by atoms with Crippen LogP contribution >= 0.6 is 15.9 Å². The van der Waals surface area contributed by atoms with E-state index >= 15 is 0 Å². The number of anilines is 1. The van der Waals surface area contributed by atoms with Gasteiger partial charge in [-0.25, -0.2) is 4.98 Å². The SMILES string of the molecule is CCc1nc(NC)cc(Oc2cc(C)c(Br)c(C)c2)n1. The second kappa shape index (κ2) is 6.22. The number of nitrogens with one attached hydrogen (secondary N) is 1. The summed E-state index contributed by atoms with van der Waals surface area (Å²) >= 11 is 3.55. The predicted molar refractivity (Wildman–Crippen MR) is 84.6 cm³/mol. The molecule has 5 heteroatoms. The van der Waals surface area contributed by atoms with Crippen LogP contribution in [0.5, 0.6) is 11.6 Å². The summed E-state index contributed by atoms with van der Waals surface area (Å²) in [5.74, 6) is 2.86. The number of nitrogens with zero attached hydrogens (tertiary/aromatic N) is 2. The standard InChI is InChI=1S/C15H18BrN3O/c1-5-12-18-13(17-4)8-14(19-12)20-11-6-9(2)15(16)10(3)7-11/h6-8H,5H2,1-4H3,(H,17,18,19). The number of aromatic nitrogens is 2. The molecule has 0 bridgehead atoms. The average Bonchev–Trinajstić information content (AvgIpc) is 2.44. The summed E-state index contributed by atoms with van der Waals surface area (Å²) in [5.41, 5.74) is 2.28. The Balaban J connectivity index is 2.34. The number of hydrogen-bond acceptors (Lipinski definition) is 4. The van der Waals surface area contributed by atoms with E-state index in [-0.39, 0.29) is 0 Å². The largest absolute Gasteiger partial charge is 0.439 e. The van der Waals surface area contributed by atoms with Crippen LogP contribution in [0, 0.1) is 13.8 Å². The Morgan fingerprint density at radius 2 is 1.80 bits per heavy atom. The predicted octanol–water partition coefficient (Wildman–Crippen LogP) is 4.25. The molecule has 2 aromatic rings. The van der Waals surface area contributed by atoms with Crippen LogP contribution in [0.1, 0.15) is 23.9 Å². The van der Waals surface area contributed by atoms with E-state index in [1.54, 1.807) is 6.07 Å². The van der Waals surface area contributed by atoms with Gasteiger partial charge in [0.15, 0.2) is 0 Å². The van der Waals surface area contributed by atoms with Gasteiger partial charge >= 0.3 is 0 Å². The number of halogens is 1. The first kappa shape index (κ1) is 14.8. The first-order chi connectivity index (χ1) is 9.53. The highest BCUT2D eigenvalue weighted by Gasteiger charge is 2.07. The molecule has 0 amide bonds. The van der Waals surface area contributed by atoms with E-state index in [0.29, 0.717) is 5.88 Å². The fourth-order valence-corrected chi connectivity index (χ4v) is 2.13. The summed E-state index contributed by atoms with van der Waals surface area (Å²) < 4.78 is 6.98. The molecule has 0 aliphatic rings. The fourth-order valence-electron chi connectivity index (χ4n) is 1.90. The number of benzene rings is 1. The van der Waals surface area contributed by atoms with E-state index < -0.39 is 0 Å². The zero-order chi connectivity index (χ0) is 14.7. The molecule has 0 aliphatic carbocycles. The fraction of sp³-hybridized carbons (Fsp3) is 0.333. The van der Waals surface area contributed by atoms with Gasteiger partial charge in [-0.05, 0) is 37.1 Å². The van der Waals surface area contributed by atoms with Gasteiger partial charge in [-0.1, -0.05) is 22.9 Å². The highest BCUT2D eigenvalue weighted by atomic mass is 79.9. The summed E-state index contributed by atoms with van der Waals surface area (Å²) in [5, 5.41) is 3.02. The van der Waals surface area contributed by atoms with Gasteiger partial charge in [0.25, 0.3) is 0 Å². The van der Waals surface area contributed by atoms with Crippen molar-refractivity contribution in [1.82, 2.24) is 9.97 Å². The van der Waals surface area contributed by atoms with Gasteiger partial charge in [0.05, 0.1) is 0 Å². The van der Waals surface area contributed by atoms with Gasteiger partial charge in [0, 0.05) is 24.0 Å². The van der Waals surface area contributed by atoms with Gasteiger partial charge in [-0.2, -0.15) is 4.98 Å². The molecule has 2 rings (SSSR count). The molecule has 0 saturated carbocycles. The van der Waals surface area contributed by atoms with Crippen LogP contribution in [-0.4, -0.2) is 17.0 Å². The van der Waals surface area contributed by atoms with Gasteiger partial charge in [-0.15, -0.1) is 0 Å². The first-order valence-electron chi connectivity index (χ1n) is 6.53. The Morgan fingerprint density at radius 3 is 2.35 bits per heavy atom. The van der Waals surface area contributed by atoms with Crippen LogP contribution in [-0.2, 0) is 6.42 Å². The second-order valence-electron chi connectivity index (χ2n) is 4.58. The van der Waals surface area contributed by atoms with Crippen LogP contribution in [0.4, 0.5) is 5.82 Å². The molecule has 1 N–H and O–H groups in total. The number of ether oxygens (including phenoxy) is 1. The van der Waals surface area contributed by atoms with E-state index in [1.165, 1.54) is 0 Å². The van der Waals surface area contributed by atoms with Crippen molar-refractivity contribution in [3.63, 3.8) is 0 Å². The number of rotatable bonds is 4. The van der Waals surface area contributed by atoms with E-state index in [0.717, 1.165) is 39.4 Å². The lowest BCUT2D eigenvalue weighted by molar-refractivity contribution is 0.458. The monoisotopic (exact) mass is 335 g/mol. The lowest BCUT2D eigenvalue weighted by Gasteiger charge is -2.11. The number of hydrogen-bond donors (Lipinski definition) is 1. The molecule has 4 nitrogen and oxygen atoms in total. The maximum atomic E-state index is 5.87. The number of aryl methyl sites for hydroxylation is 3. The maximum Gasteiger partial charge on any atom is 0.224 e. The molecule has 106 valence electrons. The summed E-state index contributed by atoms with van der Waals surface area (Å²) in [6.07, 6.45) is 0.768. The van der Waals surface area contributed by atoms with Gasteiger partial charge in [0.2, 0.25) is 5.88 Å². The van der Waals surface area contributed by atoms with Crippen LogP contribution in [0.25, 0.3) is 0 Å². The molecule has 0 spiro atoms. The topological polar surface area (TPSA) is 47.0 Å². The Bertz CT molecular complexity index is 583. The van der Waals surface area contributed by atoms with E-state index in [2.05, 4.69) is 31.2 Å². The Hall–Kier alpha value is -1.62. The van der Waals surface area contributed by atoms with E-state index in [1.807, 2.05) is 40.0 Å². The van der Waals surface area contributed by atoms with Gasteiger partial charge in [0.1, 0.15) is 17.4 Å². The normalized spacial score (nSPS) is 10.4. The maximum absolute atomic E-state index is 5.87. The minimum atomic E-state index is 0.558. The quantitative estimate of drug-likeness (QED) is 0.907. The third kappa shape index (κ3) is 3.28. The highest BCUT2D eigenvalue weighted by molar-refractivity contribution is 9.10. The molecule has 0 radical (unpaired) electrons. The van der Waals surface area contributed by atoms with E-state index in [4.69, 9.17) is 4.74 Å². The lowest BCUT2D eigenvalue weighted by atomic mass is 10.1. The molecule has 0 aliphatic heterocycles. The highest BCUT2D eigenvalue weighted by Crippen LogP contribution is 2.29. The Labute approximate surface area is 127 Å². The average molecular weight is 336 g/mol. The van der Waals surface area contributed by atoms with E-state index in [9.17, 15) is 0 Å². The molecule has 20 heavy (non-hydrogen) atoms. The van der Waals surface area contributed by atoms with Crippen molar-refractivity contribution in [1.29, 1.82) is 0 Å². The van der Waals surface area contributed by atoms with Crippen molar-refractivity contribution >= 4 is 21.7 Å². The summed E-state index contributed by atoms with van der Waals surface area (Å²) in [6, 6.07) is 5.78. The van der Waals surface area contributed by atoms with Crippen LogP contribution in [0.2, 0.25) is 0 Å². The van der Waals surface area contributed by atoms with Crippen molar-refractivity contribution in [2.75, 3.05) is 12.4 Å². The van der Waals surface area contributed by atoms with Gasteiger partial charge in [-0.3, -0.25) is 0 Å². The van der Waals surface area contributed by atoms with Crippen LogP contribution < -0.4 is 10.1 Å². The van der Waals surface area contributed by atoms with Crippen molar-refractivity contribution < 1.29 is 4.74 Å². The molecule has 0 atom stereocenters. The summed E-state index contributed by atoms with van der Waals surface area (Å²) in [7, 11) is 1.83. The zero-order valence-electron chi connectivity index (χ0n) is 12.1. The molecular formula is C15H18BrN3O. The molecule has 0 unspecified atom stereocenters. The summed E-state index contributed by atoms with van der Waals surface area (Å²) in [4.78, 5) is 8.74. The minimum absolute atomic E-state index is 0.558. The Morgan fingerprint density at radius 1 is 1.15 bits per heavy atom. The lowest BCUT2D eigenvalue weighted by Crippen LogP contribution is -2.01. The van der Waals surface area contributed by atoms with Crippen molar-refractivity contribution in [2.24, 2.45) is 0 Å². The molecule has 1 aromatic heterocycles. The van der Waals surface area contributed by atoms with Crippen molar-refractivity contribution in [3.8, 4) is 11.6 Å². The third-order valence-corrected chi connectivity index (χ3v) is 4.20.